The molecule has 1 atom stereocenters. The first-order valence-electron chi connectivity index (χ1n) is 9.02. The zero-order valence-electron chi connectivity index (χ0n) is 14.8. The SMILES string of the molecule is C[C@H](Nc1ccnn2ccnc12)c1cc2cccc(Cl)c2c(=O)n1C1CC1. The number of benzene rings is 1. The van der Waals surface area contributed by atoms with Crippen LogP contribution in [-0.4, -0.2) is 19.2 Å². The average molecular weight is 380 g/mol. The van der Waals surface area contributed by atoms with Gasteiger partial charge in [0, 0.05) is 24.1 Å². The highest BCUT2D eigenvalue weighted by Crippen LogP contribution is 2.37. The fourth-order valence-electron chi connectivity index (χ4n) is 3.65. The van der Waals surface area contributed by atoms with E-state index in [1.807, 2.05) is 29.0 Å². The third kappa shape index (κ3) is 2.68. The van der Waals surface area contributed by atoms with Crippen LogP contribution in [-0.2, 0) is 0 Å². The number of fused-ring (bicyclic) bond motifs is 2. The molecule has 1 aliphatic carbocycles. The summed E-state index contributed by atoms with van der Waals surface area (Å²) in [4.78, 5) is 17.6. The smallest absolute Gasteiger partial charge is 0.260 e. The van der Waals surface area contributed by atoms with Gasteiger partial charge in [-0.15, -0.1) is 0 Å². The van der Waals surface area contributed by atoms with Gasteiger partial charge in [0.15, 0.2) is 5.65 Å². The quantitative estimate of drug-likeness (QED) is 0.577. The molecule has 7 heteroatoms. The predicted molar refractivity (Wildman–Crippen MR) is 107 cm³/mol. The second-order valence-corrected chi connectivity index (χ2v) is 7.39. The molecule has 0 unspecified atom stereocenters. The van der Waals surface area contributed by atoms with Crippen molar-refractivity contribution in [2.75, 3.05) is 5.32 Å². The third-order valence-electron chi connectivity index (χ3n) is 5.08. The lowest BCUT2D eigenvalue weighted by molar-refractivity contribution is 0.637. The molecule has 1 N–H and O–H groups in total. The molecule has 6 nitrogen and oxygen atoms in total. The van der Waals surface area contributed by atoms with E-state index in [-0.39, 0.29) is 17.6 Å². The number of pyridine rings is 1. The van der Waals surface area contributed by atoms with Crippen LogP contribution in [0.4, 0.5) is 5.69 Å². The van der Waals surface area contributed by atoms with Gasteiger partial charge in [-0.3, -0.25) is 4.79 Å². The Morgan fingerprint density at radius 2 is 2.11 bits per heavy atom. The van der Waals surface area contributed by atoms with Gasteiger partial charge in [-0.2, -0.15) is 5.10 Å². The highest BCUT2D eigenvalue weighted by atomic mass is 35.5. The van der Waals surface area contributed by atoms with Crippen LogP contribution in [0, 0.1) is 0 Å². The summed E-state index contributed by atoms with van der Waals surface area (Å²) in [7, 11) is 0. The molecule has 0 amide bonds. The van der Waals surface area contributed by atoms with E-state index in [4.69, 9.17) is 11.6 Å². The second kappa shape index (κ2) is 6.09. The van der Waals surface area contributed by atoms with Crippen molar-refractivity contribution >= 4 is 33.7 Å². The number of halogens is 1. The van der Waals surface area contributed by atoms with Gasteiger partial charge in [0.2, 0.25) is 0 Å². The van der Waals surface area contributed by atoms with Gasteiger partial charge in [0.05, 0.1) is 28.3 Å². The maximum atomic E-state index is 13.2. The van der Waals surface area contributed by atoms with E-state index in [2.05, 4.69) is 28.4 Å². The molecule has 0 bridgehead atoms. The van der Waals surface area contributed by atoms with Crippen molar-refractivity contribution in [3.05, 3.63) is 70.0 Å². The van der Waals surface area contributed by atoms with Crippen LogP contribution >= 0.6 is 11.6 Å². The highest BCUT2D eigenvalue weighted by Gasteiger charge is 2.29. The number of hydrogen-bond donors (Lipinski definition) is 1. The van der Waals surface area contributed by atoms with E-state index < -0.39 is 0 Å². The van der Waals surface area contributed by atoms with Crippen molar-refractivity contribution in [1.82, 2.24) is 19.2 Å². The first-order chi connectivity index (χ1) is 13.1. The van der Waals surface area contributed by atoms with E-state index in [1.165, 1.54) is 0 Å². The summed E-state index contributed by atoms with van der Waals surface area (Å²) < 4.78 is 3.64. The number of hydrogen-bond acceptors (Lipinski definition) is 4. The molecule has 5 rings (SSSR count). The summed E-state index contributed by atoms with van der Waals surface area (Å²) in [6.45, 7) is 2.06. The highest BCUT2D eigenvalue weighted by molar-refractivity contribution is 6.35. The van der Waals surface area contributed by atoms with E-state index >= 15 is 0 Å². The van der Waals surface area contributed by atoms with Crippen molar-refractivity contribution in [1.29, 1.82) is 0 Å². The average Bonchev–Trinajstić information content (AvgIpc) is 3.37. The first kappa shape index (κ1) is 16.3. The summed E-state index contributed by atoms with van der Waals surface area (Å²) in [6.07, 6.45) is 7.31. The molecule has 27 heavy (non-hydrogen) atoms. The Hall–Kier alpha value is -2.86. The summed E-state index contributed by atoms with van der Waals surface area (Å²) in [5, 5.41) is 9.72. The normalized spacial score (nSPS) is 15.3. The van der Waals surface area contributed by atoms with Gasteiger partial charge in [0.1, 0.15) is 0 Å². The number of anilines is 1. The van der Waals surface area contributed by atoms with Gasteiger partial charge >= 0.3 is 0 Å². The van der Waals surface area contributed by atoms with Crippen LogP contribution in [0.2, 0.25) is 5.02 Å². The minimum atomic E-state index is -0.0791. The Kier molecular flexibility index (Phi) is 3.68. The number of rotatable bonds is 4. The van der Waals surface area contributed by atoms with Gasteiger partial charge < -0.3 is 9.88 Å². The van der Waals surface area contributed by atoms with Gasteiger partial charge in [0.25, 0.3) is 5.56 Å². The van der Waals surface area contributed by atoms with Crippen molar-refractivity contribution in [3.63, 3.8) is 0 Å². The molecule has 0 saturated heterocycles. The standard InChI is InChI=1S/C20H18ClN5O/c1-12(24-16-7-8-23-25-10-9-22-19(16)25)17-11-13-3-2-4-15(21)18(13)20(27)26(17)14-5-6-14/h2-4,7-12,14,24H,5-6H2,1H3/t12-/m0/s1. The summed E-state index contributed by atoms with van der Waals surface area (Å²) in [5.41, 5.74) is 2.58. The second-order valence-electron chi connectivity index (χ2n) is 6.99. The maximum Gasteiger partial charge on any atom is 0.260 e. The predicted octanol–water partition coefficient (Wildman–Crippen LogP) is 4.21. The minimum Gasteiger partial charge on any atom is -0.374 e. The number of nitrogens with one attached hydrogen (secondary N) is 1. The fraction of sp³-hybridized carbons (Fsp3) is 0.250. The molecule has 136 valence electrons. The van der Waals surface area contributed by atoms with Gasteiger partial charge in [-0.05, 0) is 43.4 Å². The largest absolute Gasteiger partial charge is 0.374 e. The molecule has 4 aromatic rings. The zero-order chi connectivity index (χ0) is 18.5. The van der Waals surface area contributed by atoms with E-state index in [1.54, 1.807) is 23.0 Å². The molecule has 1 fully saturated rings. The molecule has 1 aliphatic rings. The third-order valence-corrected chi connectivity index (χ3v) is 5.40. The Bertz CT molecular complexity index is 1220. The lowest BCUT2D eigenvalue weighted by Gasteiger charge is -2.22. The molecular formula is C20H18ClN5O. The molecule has 1 aromatic carbocycles. The minimum absolute atomic E-state index is 0.00932. The Labute approximate surface area is 160 Å². The van der Waals surface area contributed by atoms with Crippen LogP contribution < -0.4 is 10.9 Å². The van der Waals surface area contributed by atoms with Crippen LogP contribution in [0.5, 0.6) is 0 Å². The van der Waals surface area contributed by atoms with Crippen molar-refractivity contribution in [3.8, 4) is 0 Å². The summed E-state index contributed by atoms with van der Waals surface area (Å²) in [5.74, 6) is 0. The number of aromatic nitrogens is 4. The Morgan fingerprint density at radius 3 is 2.93 bits per heavy atom. The molecule has 1 saturated carbocycles. The van der Waals surface area contributed by atoms with E-state index in [0.717, 1.165) is 35.3 Å². The molecular weight excluding hydrogens is 362 g/mol. The molecule has 0 aliphatic heterocycles. The van der Waals surface area contributed by atoms with Gasteiger partial charge in [-0.1, -0.05) is 23.7 Å². The van der Waals surface area contributed by atoms with Crippen LogP contribution in [0.15, 0.2) is 53.7 Å². The molecule has 3 heterocycles. The van der Waals surface area contributed by atoms with Crippen molar-refractivity contribution in [2.45, 2.75) is 31.8 Å². The number of nitrogens with zero attached hydrogens (tertiary/aromatic N) is 4. The molecule has 0 spiro atoms. The Morgan fingerprint density at radius 1 is 1.26 bits per heavy atom. The topological polar surface area (TPSA) is 64.2 Å². The van der Waals surface area contributed by atoms with Gasteiger partial charge in [-0.25, -0.2) is 9.50 Å². The maximum absolute atomic E-state index is 13.2. The van der Waals surface area contributed by atoms with Crippen molar-refractivity contribution < 1.29 is 0 Å². The van der Waals surface area contributed by atoms with E-state index in [0.29, 0.717) is 10.4 Å². The van der Waals surface area contributed by atoms with E-state index in [9.17, 15) is 4.79 Å². The number of imidazole rings is 1. The fourth-order valence-corrected chi connectivity index (χ4v) is 3.92. The summed E-state index contributed by atoms with van der Waals surface area (Å²) >= 11 is 6.33. The molecule has 0 radical (unpaired) electrons. The summed E-state index contributed by atoms with van der Waals surface area (Å²) in [6, 6.07) is 9.74. The first-order valence-corrected chi connectivity index (χ1v) is 9.40. The lowest BCUT2D eigenvalue weighted by Crippen LogP contribution is -2.26. The molecule has 3 aromatic heterocycles. The Balaban J connectivity index is 1.64. The lowest BCUT2D eigenvalue weighted by atomic mass is 10.1. The van der Waals surface area contributed by atoms with Crippen molar-refractivity contribution in [2.24, 2.45) is 0 Å². The monoisotopic (exact) mass is 379 g/mol. The van der Waals surface area contributed by atoms with Crippen LogP contribution in [0.3, 0.4) is 0 Å². The van der Waals surface area contributed by atoms with Crippen LogP contribution in [0.25, 0.3) is 16.4 Å². The van der Waals surface area contributed by atoms with Crippen LogP contribution in [0.1, 0.15) is 37.5 Å². The zero-order valence-corrected chi connectivity index (χ0v) is 15.5.